The molecule has 1 aromatic heterocycles. The van der Waals surface area contributed by atoms with Crippen LogP contribution in [0.15, 0.2) is 30.5 Å². The first-order valence-corrected chi connectivity index (χ1v) is 10.9. The Balaban J connectivity index is 2.02. The van der Waals surface area contributed by atoms with Crippen molar-refractivity contribution in [3.05, 3.63) is 36.0 Å². The van der Waals surface area contributed by atoms with E-state index >= 15 is 0 Å². The number of aromatic nitrogens is 1. The number of para-hydroxylation sites is 1. The lowest BCUT2D eigenvalue weighted by Gasteiger charge is -2.22. The summed E-state index contributed by atoms with van der Waals surface area (Å²) in [5.74, 6) is -5.33. The number of carboxylic acid groups (broad SMARTS) is 2. The first kappa shape index (κ1) is 26.7. The Morgan fingerprint density at radius 3 is 2.26 bits per heavy atom. The molecule has 8 N–H and O–H groups in total. The fourth-order valence-corrected chi connectivity index (χ4v) is 3.40. The Morgan fingerprint density at radius 1 is 1.00 bits per heavy atom. The Kier molecular flexibility index (Phi) is 9.45. The number of nitrogens with two attached hydrogens (primary N) is 1. The Labute approximate surface area is 200 Å². The van der Waals surface area contributed by atoms with Gasteiger partial charge < -0.3 is 36.9 Å². The summed E-state index contributed by atoms with van der Waals surface area (Å²) in [5, 5.41) is 25.8. The molecule has 0 saturated carbocycles. The number of carbonyl (C=O) groups is 5. The molecule has 1 aromatic carbocycles. The number of nitrogens with one attached hydrogen (secondary N) is 4. The summed E-state index contributed by atoms with van der Waals surface area (Å²) in [6.45, 7) is 1.28. The molecule has 0 aliphatic heterocycles. The van der Waals surface area contributed by atoms with E-state index in [1.54, 1.807) is 6.20 Å². The second-order valence-electron chi connectivity index (χ2n) is 7.64. The fourth-order valence-electron chi connectivity index (χ4n) is 3.15. The quantitative estimate of drug-likeness (QED) is 0.172. The summed E-state index contributed by atoms with van der Waals surface area (Å²) < 4.78 is 0. The van der Waals surface area contributed by atoms with Crippen molar-refractivity contribution in [3.63, 3.8) is 0 Å². The lowest BCUT2D eigenvalue weighted by Crippen LogP contribution is -2.57. The van der Waals surface area contributed by atoms with Gasteiger partial charge in [0.25, 0.3) is 0 Å². The van der Waals surface area contributed by atoms with Crippen molar-refractivity contribution < 1.29 is 34.2 Å². The molecule has 0 bridgehead atoms. The predicted molar refractivity (Wildman–Crippen MR) is 125 cm³/mol. The summed E-state index contributed by atoms with van der Waals surface area (Å²) >= 11 is 3.84. The normalized spacial score (nSPS) is 14.4. The molecular formula is C21H27N5O7S. The van der Waals surface area contributed by atoms with Crippen molar-refractivity contribution in [1.82, 2.24) is 20.9 Å². The first-order chi connectivity index (χ1) is 16.0. The van der Waals surface area contributed by atoms with Crippen LogP contribution < -0.4 is 21.7 Å². The summed E-state index contributed by atoms with van der Waals surface area (Å²) in [4.78, 5) is 62.7. The molecule has 4 unspecified atom stereocenters. The molecule has 3 amide bonds. The van der Waals surface area contributed by atoms with Crippen LogP contribution >= 0.6 is 12.6 Å². The molecule has 0 aliphatic carbocycles. The standard InChI is InChI=1S/C21H27N5O7S/c1-10(18(29)26-16(9-34)21(32)33)24-20(31)15(7-17(27)28)25-19(30)13(22)6-11-8-23-14-5-3-2-4-12(11)14/h2-5,8,10,13,15-16,23,34H,6-7,9,22H2,1H3,(H,24,31)(H,25,30)(H,26,29)(H,27,28)(H,32,33). The summed E-state index contributed by atoms with van der Waals surface area (Å²) in [6.07, 6.45) is 1.10. The molecule has 4 atom stereocenters. The van der Waals surface area contributed by atoms with Gasteiger partial charge in [-0.3, -0.25) is 19.2 Å². The molecule has 0 aliphatic rings. The molecule has 184 valence electrons. The minimum atomic E-state index is -1.51. The maximum Gasteiger partial charge on any atom is 0.327 e. The third-order valence-electron chi connectivity index (χ3n) is 5.01. The zero-order valence-electron chi connectivity index (χ0n) is 18.3. The molecule has 0 spiro atoms. The number of fused-ring (bicyclic) bond motifs is 1. The number of H-pyrrole nitrogens is 1. The molecule has 2 aromatic rings. The number of aromatic amines is 1. The van der Waals surface area contributed by atoms with E-state index in [4.69, 9.17) is 15.9 Å². The summed E-state index contributed by atoms with van der Waals surface area (Å²) in [6, 6.07) is 2.36. The van der Waals surface area contributed by atoms with E-state index in [1.165, 1.54) is 6.92 Å². The highest BCUT2D eigenvalue weighted by Gasteiger charge is 2.29. The highest BCUT2D eigenvalue weighted by atomic mass is 32.1. The van der Waals surface area contributed by atoms with E-state index in [1.807, 2.05) is 24.3 Å². The maximum absolute atomic E-state index is 12.6. The molecule has 0 fully saturated rings. The van der Waals surface area contributed by atoms with Crippen molar-refractivity contribution in [3.8, 4) is 0 Å². The molecule has 13 heteroatoms. The Bertz CT molecular complexity index is 1070. The maximum atomic E-state index is 12.6. The van der Waals surface area contributed by atoms with Gasteiger partial charge in [-0.15, -0.1) is 0 Å². The van der Waals surface area contributed by atoms with E-state index in [9.17, 15) is 24.0 Å². The van der Waals surface area contributed by atoms with Gasteiger partial charge in [-0.25, -0.2) is 4.79 Å². The van der Waals surface area contributed by atoms with Gasteiger partial charge in [0.1, 0.15) is 18.1 Å². The van der Waals surface area contributed by atoms with Gasteiger partial charge in [-0.1, -0.05) is 18.2 Å². The molecular weight excluding hydrogens is 466 g/mol. The lowest BCUT2D eigenvalue weighted by atomic mass is 10.0. The zero-order chi connectivity index (χ0) is 25.4. The van der Waals surface area contributed by atoms with Gasteiger partial charge in [-0.05, 0) is 25.0 Å². The van der Waals surface area contributed by atoms with Gasteiger partial charge >= 0.3 is 11.9 Å². The van der Waals surface area contributed by atoms with E-state index in [0.29, 0.717) is 0 Å². The number of amides is 3. The molecule has 1 heterocycles. The van der Waals surface area contributed by atoms with Gasteiger partial charge in [0.05, 0.1) is 12.5 Å². The van der Waals surface area contributed by atoms with Crippen LogP contribution in [-0.2, 0) is 30.4 Å². The highest BCUT2D eigenvalue weighted by Crippen LogP contribution is 2.18. The number of carbonyl (C=O) groups excluding carboxylic acids is 3. The molecule has 2 rings (SSSR count). The number of hydrogen-bond acceptors (Lipinski definition) is 7. The van der Waals surface area contributed by atoms with E-state index in [2.05, 4.69) is 33.6 Å². The first-order valence-electron chi connectivity index (χ1n) is 10.3. The van der Waals surface area contributed by atoms with Crippen molar-refractivity contribution in [2.24, 2.45) is 5.73 Å². The van der Waals surface area contributed by atoms with Crippen molar-refractivity contribution in [2.45, 2.75) is 43.9 Å². The number of rotatable bonds is 12. The van der Waals surface area contributed by atoms with Crippen LogP contribution in [0.1, 0.15) is 18.9 Å². The van der Waals surface area contributed by atoms with Crippen molar-refractivity contribution >= 4 is 53.2 Å². The number of aliphatic carboxylic acids is 2. The van der Waals surface area contributed by atoms with Crippen LogP contribution in [0.4, 0.5) is 0 Å². The number of carboxylic acids is 2. The highest BCUT2D eigenvalue weighted by molar-refractivity contribution is 7.80. The van der Waals surface area contributed by atoms with Crippen LogP contribution in [0.25, 0.3) is 10.9 Å². The Morgan fingerprint density at radius 2 is 1.65 bits per heavy atom. The zero-order valence-corrected chi connectivity index (χ0v) is 19.2. The van der Waals surface area contributed by atoms with Crippen LogP contribution in [0, 0.1) is 0 Å². The fraction of sp³-hybridized carbons (Fsp3) is 0.381. The van der Waals surface area contributed by atoms with Gasteiger partial charge in [0.15, 0.2) is 0 Å². The smallest absolute Gasteiger partial charge is 0.327 e. The topological polar surface area (TPSA) is 204 Å². The van der Waals surface area contributed by atoms with Gasteiger partial charge in [0.2, 0.25) is 17.7 Å². The molecule has 12 nitrogen and oxygen atoms in total. The minimum absolute atomic E-state index is 0.135. The van der Waals surface area contributed by atoms with Crippen LogP contribution in [0.3, 0.4) is 0 Å². The van der Waals surface area contributed by atoms with E-state index in [0.717, 1.165) is 16.5 Å². The monoisotopic (exact) mass is 493 g/mol. The Hall–Kier alpha value is -3.58. The van der Waals surface area contributed by atoms with Crippen molar-refractivity contribution in [1.29, 1.82) is 0 Å². The van der Waals surface area contributed by atoms with Gasteiger partial charge in [0, 0.05) is 22.9 Å². The average Bonchev–Trinajstić information content (AvgIpc) is 3.18. The minimum Gasteiger partial charge on any atom is -0.481 e. The number of thiol groups is 1. The largest absolute Gasteiger partial charge is 0.481 e. The summed E-state index contributed by atoms with van der Waals surface area (Å²) in [5.41, 5.74) is 7.64. The van der Waals surface area contributed by atoms with Crippen molar-refractivity contribution in [2.75, 3.05) is 5.75 Å². The third kappa shape index (κ3) is 7.22. The second kappa shape index (κ2) is 12.0. The SMILES string of the molecule is CC(NC(=O)C(CC(=O)O)NC(=O)C(N)Cc1c[nH]c2ccccc12)C(=O)NC(CS)C(=O)O. The van der Waals surface area contributed by atoms with E-state index < -0.39 is 60.2 Å². The third-order valence-corrected chi connectivity index (χ3v) is 5.38. The number of hydrogen-bond donors (Lipinski definition) is 8. The molecule has 34 heavy (non-hydrogen) atoms. The summed E-state index contributed by atoms with van der Waals surface area (Å²) in [7, 11) is 0. The molecule has 0 radical (unpaired) electrons. The second-order valence-corrected chi connectivity index (χ2v) is 8.01. The van der Waals surface area contributed by atoms with Gasteiger partial charge in [-0.2, -0.15) is 12.6 Å². The number of benzene rings is 1. The van der Waals surface area contributed by atoms with Crippen LogP contribution in [-0.4, -0.2) is 74.8 Å². The lowest BCUT2D eigenvalue weighted by molar-refractivity contribution is -0.142. The predicted octanol–water partition coefficient (Wildman–Crippen LogP) is -0.999. The van der Waals surface area contributed by atoms with E-state index in [-0.39, 0.29) is 12.2 Å². The molecule has 0 saturated heterocycles. The average molecular weight is 494 g/mol. The van der Waals surface area contributed by atoms with Crippen LogP contribution in [0.2, 0.25) is 0 Å². The van der Waals surface area contributed by atoms with Crippen LogP contribution in [0.5, 0.6) is 0 Å².